The lowest BCUT2D eigenvalue weighted by Gasteiger charge is -2.30. The van der Waals surface area contributed by atoms with Gasteiger partial charge in [-0.1, -0.05) is 31.4 Å². The summed E-state index contributed by atoms with van der Waals surface area (Å²) in [4.78, 5) is 26.1. The van der Waals surface area contributed by atoms with E-state index in [2.05, 4.69) is 5.32 Å². The zero-order chi connectivity index (χ0) is 16.3. The number of imide groups is 1. The fourth-order valence-electron chi connectivity index (χ4n) is 3.49. The van der Waals surface area contributed by atoms with E-state index in [9.17, 15) is 9.59 Å². The van der Waals surface area contributed by atoms with Gasteiger partial charge in [-0.3, -0.25) is 9.69 Å². The van der Waals surface area contributed by atoms with E-state index < -0.39 is 5.54 Å². The van der Waals surface area contributed by atoms with Gasteiger partial charge >= 0.3 is 6.03 Å². The summed E-state index contributed by atoms with van der Waals surface area (Å²) in [6.07, 6.45) is 5.35. The van der Waals surface area contributed by atoms with Gasteiger partial charge in [-0.15, -0.1) is 0 Å². The molecule has 2 aliphatic rings. The highest BCUT2D eigenvalue weighted by Crippen LogP contribution is 2.33. The van der Waals surface area contributed by atoms with Gasteiger partial charge in [-0.2, -0.15) is 0 Å². The molecule has 1 saturated heterocycles. The summed E-state index contributed by atoms with van der Waals surface area (Å²) in [5, 5.41) is 2.93. The van der Waals surface area contributed by atoms with Crippen molar-refractivity contribution in [1.82, 2.24) is 10.2 Å². The van der Waals surface area contributed by atoms with Crippen LogP contribution in [0, 0.1) is 6.92 Å². The average Bonchev–Trinajstić information content (AvgIpc) is 2.76. The van der Waals surface area contributed by atoms with Crippen LogP contribution in [-0.4, -0.2) is 35.5 Å². The van der Waals surface area contributed by atoms with Crippen LogP contribution in [0.15, 0.2) is 24.3 Å². The lowest BCUT2D eigenvalue weighted by Crippen LogP contribution is -2.48. The fraction of sp³-hybridized carbons (Fsp3) is 0.556. The maximum absolute atomic E-state index is 12.6. The third-order valence-electron chi connectivity index (χ3n) is 4.74. The van der Waals surface area contributed by atoms with E-state index in [0.29, 0.717) is 19.6 Å². The minimum Gasteiger partial charge on any atom is -0.494 e. The predicted octanol–water partition coefficient (Wildman–Crippen LogP) is 3.02. The molecule has 3 amide bonds. The predicted molar refractivity (Wildman–Crippen MR) is 87.4 cm³/mol. The number of benzene rings is 1. The highest BCUT2D eigenvalue weighted by Gasteiger charge is 2.50. The van der Waals surface area contributed by atoms with Crippen molar-refractivity contribution >= 4 is 11.9 Å². The molecule has 1 aromatic rings. The van der Waals surface area contributed by atoms with E-state index in [1.54, 1.807) is 0 Å². The lowest BCUT2D eigenvalue weighted by molar-refractivity contribution is -0.132. The molecule has 23 heavy (non-hydrogen) atoms. The Morgan fingerprint density at radius 3 is 2.74 bits per heavy atom. The quantitative estimate of drug-likeness (QED) is 0.671. The van der Waals surface area contributed by atoms with Crippen LogP contribution in [0.5, 0.6) is 5.75 Å². The third kappa shape index (κ3) is 3.33. The largest absolute Gasteiger partial charge is 0.494 e. The average molecular weight is 316 g/mol. The Bertz CT molecular complexity index is 594. The smallest absolute Gasteiger partial charge is 0.325 e. The number of ether oxygens (including phenoxy) is 1. The molecule has 5 heteroatoms. The number of urea groups is 1. The van der Waals surface area contributed by atoms with Gasteiger partial charge < -0.3 is 10.1 Å². The molecule has 1 aliphatic heterocycles. The number of nitrogens with zero attached hydrogens (tertiary/aromatic N) is 1. The molecule has 2 fully saturated rings. The van der Waals surface area contributed by atoms with Crippen LogP contribution in [0.4, 0.5) is 4.79 Å². The van der Waals surface area contributed by atoms with E-state index in [1.807, 2.05) is 31.2 Å². The molecule has 1 heterocycles. The first-order valence-electron chi connectivity index (χ1n) is 8.44. The van der Waals surface area contributed by atoms with Gasteiger partial charge in [-0.25, -0.2) is 4.79 Å². The summed E-state index contributed by atoms with van der Waals surface area (Å²) in [6, 6.07) is 7.62. The normalized spacial score (nSPS) is 20.0. The molecule has 0 bridgehead atoms. The van der Waals surface area contributed by atoms with Crippen LogP contribution in [-0.2, 0) is 4.79 Å². The lowest BCUT2D eigenvalue weighted by atomic mass is 9.82. The molecule has 1 spiro atoms. The van der Waals surface area contributed by atoms with Crippen molar-refractivity contribution in [3.8, 4) is 5.75 Å². The van der Waals surface area contributed by atoms with Crippen molar-refractivity contribution < 1.29 is 14.3 Å². The monoisotopic (exact) mass is 316 g/mol. The summed E-state index contributed by atoms with van der Waals surface area (Å²) >= 11 is 0. The van der Waals surface area contributed by atoms with Crippen LogP contribution in [0.25, 0.3) is 0 Å². The third-order valence-corrected chi connectivity index (χ3v) is 4.74. The maximum atomic E-state index is 12.6. The van der Waals surface area contributed by atoms with E-state index >= 15 is 0 Å². The molecule has 1 aliphatic carbocycles. The van der Waals surface area contributed by atoms with Gasteiger partial charge in [-0.05, 0) is 43.9 Å². The topological polar surface area (TPSA) is 58.6 Å². The van der Waals surface area contributed by atoms with E-state index in [4.69, 9.17) is 4.74 Å². The Morgan fingerprint density at radius 1 is 1.22 bits per heavy atom. The van der Waals surface area contributed by atoms with E-state index in [-0.39, 0.29) is 11.9 Å². The second kappa shape index (κ2) is 6.60. The maximum Gasteiger partial charge on any atom is 0.325 e. The molecule has 1 aromatic carbocycles. The molecule has 5 nitrogen and oxygen atoms in total. The summed E-state index contributed by atoms with van der Waals surface area (Å²) in [5.41, 5.74) is 0.531. The molecule has 124 valence electrons. The molecule has 1 saturated carbocycles. The number of nitrogens with one attached hydrogen (secondary N) is 1. The molecule has 0 atom stereocenters. The van der Waals surface area contributed by atoms with Crippen LogP contribution in [0.3, 0.4) is 0 Å². The Labute approximate surface area is 137 Å². The number of carbonyl (C=O) groups is 2. The molecule has 1 N–H and O–H groups in total. The zero-order valence-electron chi connectivity index (χ0n) is 13.6. The Kier molecular flexibility index (Phi) is 4.55. The van der Waals surface area contributed by atoms with Crippen LogP contribution in [0.2, 0.25) is 0 Å². The number of aryl methyl sites for hydroxylation is 1. The first-order valence-corrected chi connectivity index (χ1v) is 8.44. The number of hydrogen-bond acceptors (Lipinski definition) is 3. The van der Waals surface area contributed by atoms with Crippen molar-refractivity contribution in [2.75, 3.05) is 13.2 Å². The number of rotatable bonds is 5. The van der Waals surface area contributed by atoms with Gasteiger partial charge in [0.2, 0.25) is 0 Å². The van der Waals surface area contributed by atoms with Crippen molar-refractivity contribution in [1.29, 1.82) is 0 Å². The minimum absolute atomic E-state index is 0.0437. The first kappa shape index (κ1) is 15.8. The Morgan fingerprint density at radius 2 is 2.00 bits per heavy atom. The Balaban J connectivity index is 1.50. The molecule has 0 aromatic heterocycles. The molecule has 0 radical (unpaired) electrons. The van der Waals surface area contributed by atoms with Crippen molar-refractivity contribution in [3.05, 3.63) is 29.8 Å². The van der Waals surface area contributed by atoms with Crippen molar-refractivity contribution in [2.24, 2.45) is 0 Å². The summed E-state index contributed by atoms with van der Waals surface area (Å²) < 4.78 is 5.68. The SMILES string of the molecule is Cc1cccc(OCCCN2C(=O)NC3(CCCCC3)C2=O)c1. The number of carbonyl (C=O) groups excluding carboxylic acids is 2. The summed E-state index contributed by atoms with van der Waals surface area (Å²) in [7, 11) is 0. The van der Waals surface area contributed by atoms with Gasteiger partial charge in [0, 0.05) is 6.54 Å². The second-order valence-corrected chi connectivity index (χ2v) is 6.55. The highest BCUT2D eigenvalue weighted by molar-refractivity contribution is 6.07. The first-order chi connectivity index (χ1) is 11.1. The van der Waals surface area contributed by atoms with E-state index in [1.165, 1.54) is 4.90 Å². The van der Waals surface area contributed by atoms with E-state index in [0.717, 1.165) is 43.4 Å². The zero-order valence-corrected chi connectivity index (χ0v) is 13.6. The van der Waals surface area contributed by atoms with Gasteiger partial charge in [0.05, 0.1) is 6.61 Å². The minimum atomic E-state index is -0.618. The van der Waals surface area contributed by atoms with Gasteiger partial charge in [0.15, 0.2) is 0 Å². The summed E-state index contributed by atoms with van der Waals surface area (Å²) in [5.74, 6) is 0.781. The fourth-order valence-corrected chi connectivity index (χ4v) is 3.49. The van der Waals surface area contributed by atoms with Gasteiger partial charge in [0.1, 0.15) is 11.3 Å². The summed E-state index contributed by atoms with van der Waals surface area (Å²) in [6.45, 7) is 2.93. The molecular formula is C18H24N2O3. The van der Waals surface area contributed by atoms with Crippen LogP contribution >= 0.6 is 0 Å². The van der Waals surface area contributed by atoms with Crippen molar-refractivity contribution in [2.45, 2.75) is 51.0 Å². The number of hydrogen-bond donors (Lipinski definition) is 1. The Hall–Kier alpha value is -2.04. The van der Waals surface area contributed by atoms with Gasteiger partial charge in [0.25, 0.3) is 5.91 Å². The standard InChI is InChI=1S/C18H24N2O3/c1-14-7-5-8-15(13-14)23-12-6-11-20-16(21)18(19-17(20)22)9-3-2-4-10-18/h5,7-8,13H,2-4,6,9-12H2,1H3,(H,19,22). The van der Waals surface area contributed by atoms with Crippen LogP contribution in [0.1, 0.15) is 44.1 Å². The van der Waals surface area contributed by atoms with Crippen LogP contribution < -0.4 is 10.1 Å². The molecular weight excluding hydrogens is 292 g/mol. The number of amides is 3. The molecule has 0 unspecified atom stereocenters. The second-order valence-electron chi connectivity index (χ2n) is 6.55. The highest BCUT2D eigenvalue weighted by atomic mass is 16.5. The molecule has 3 rings (SSSR count). The van der Waals surface area contributed by atoms with Crippen molar-refractivity contribution in [3.63, 3.8) is 0 Å².